The maximum absolute atomic E-state index is 14.4. The van der Waals surface area contributed by atoms with Crippen LogP contribution in [0.4, 0.5) is 0 Å². The number of amides is 5. The van der Waals surface area contributed by atoms with Crippen LogP contribution >= 0.6 is 0 Å². The Balaban J connectivity index is 2.30. The van der Waals surface area contributed by atoms with Gasteiger partial charge in [-0.25, -0.2) is 0 Å². The third kappa shape index (κ3) is 12.6. The molecule has 13 nitrogen and oxygen atoms in total. The van der Waals surface area contributed by atoms with Crippen LogP contribution in [-0.2, 0) is 24.0 Å². The fourth-order valence-electron chi connectivity index (χ4n) is 6.86. The average Bonchev–Trinajstić information content (AvgIpc) is 3.51. The maximum Gasteiger partial charge on any atom is 0.243 e. The summed E-state index contributed by atoms with van der Waals surface area (Å²) in [7, 11) is 1.67. The molecule has 0 radical (unpaired) electrons. The first-order chi connectivity index (χ1) is 22.7. The minimum absolute atomic E-state index is 0.0831. The third-order valence-corrected chi connectivity index (χ3v) is 10.2. The number of hydrogen-bond acceptors (Lipinski definition) is 8. The number of nitrogens with zero attached hydrogens (tertiary/aromatic N) is 2. The largest absolute Gasteiger partial charge is 0.393 e. The molecule has 8 N–H and O–H groups in total. The predicted molar refractivity (Wildman–Crippen MR) is 186 cm³/mol. The summed E-state index contributed by atoms with van der Waals surface area (Å²) in [5.41, 5.74) is 11.1. The number of carbonyl (C=O) groups is 5. The highest BCUT2D eigenvalue weighted by Gasteiger charge is 2.40. The Morgan fingerprint density at radius 1 is 0.917 bits per heavy atom. The van der Waals surface area contributed by atoms with Crippen molar-refractivity contribution < 1.29 is 29.1 Å². The predicted octanol–water partition coefficient (Wildman–Crippen LogP) is 1.40. The quantitative estimate of drug-likeness (QED) is 0.104. The fourth-order valence-corrected chi connectivity index (χ4v) is 6.86. The second-order valence-corrected chi connectivity index (χ2v) is 14.6. The Kier molecular flexibility index (Phi) is 17.8. The van der Waals surface area contributed by atoms with Gasteiger partial charge in [-0.2, -0.15) is 0 Å². The molecule has 0 aromatic carbocycles. The summed E-state index contributed by atoms with van der Waals surface area (Å²) in [6.07, 6.45) is 9.37. The Morgan fingerprint density at radius 3 is 2.15 bits per heavy atom. The zero-order valence-electron chi connectivity index (χ0n) is 30.3. The molecule has 1 aliphatic carbocycles. The molecule has 7 atom stereocenters. The second-order valence-electron chi connectivity index (χ2n) is 14.6. The van der Waals surface area contributed by atoms with Gasteiger partial charge in [-0.15, -0.1) is 0 Å². The summed E-state index contributed by atoms with van der Waals surface area (Å²) in [5.74, 6) is -2.58. The van der Waals surface area contributed by atoms with Gasteiger partial charge in [0, 0.05) is 32.7 Å². The number of unbranched alkanes of at least 4 members (excludes halogenated alkanes) is 3. The van der Waals surface area contributed by atoms with E-state index in [0.717, 1.165) is 57.8 Å². The number of aliphatic hydroxyl groups excluding tert-OH is 1. The van der Waals surface area contributed by atoms with Gasteiger partial charge in [-0.3, -0.25) is 28.9 Å². The van der Waals surface area contributed by atoms with Crippen molar-refractivity contribution in [1.29, 1.82) is 0 Å². The van der Waals surface area contributed by atoms with E-state index in [4.69, 9.17) is 11.5 Å². The van der Waals surface area contributed by atoms with E-state index in [1.54, 1.807) is 25.8 Å². The number of likely N-dealkylation sites (tertiary alicyclic amines) is 1. The zero-order chi connectivity index (χ0) is 36.0. The van der Waals surface area contributed by atoms with Gasteiger partial charge in [-0.1, -0.05) is 72.6 Å². The van der Waals surface area contributed by atoms with Gasteiger partial charge in [0.15, 0.2) is 0 Å². The maximum atomic E-state index is 14.4. The van der Waals surface area contributed by atoms with E-state index in [1.165, 1.54) is 0 Å². The van der Waals surface area contributed by atoms with Crippen LogP contribution in [-0.4, -0.2) is 107 Å². The lowest BCUT2D eigenvalue weighted by Gasteiger charge is -2.37. The van der Waals surface area contributed by atoms with Crippen LogP contribution in [0.1, 0.15) is 112 Å². The molecule has 2 aliphatic rings. The van der Waals surface area contributed by atoms with Crippen molar-refractivity contribution >= 4 is 29.5 Å². The van der Waals surface area contributed by atoms with Crippen LogP contribution in [0.2, 0.25) is 0 Å². The summed E-state index contributed by atoms with van der Waals surface area (Å²) in [6.45, 7) is 10.4. The molecule has 276 valence electrons. The first-order valence-electron chi connectivity index (χ1n) is 18.3. The highest BCUT2D eigenvalue weighted by atomic mass is 16.3. The fraction of sp³-hybridized carbons (Fsp3) is 0.857. The van der Waals surface area contributed by atoms with E-state index in [2.05, 4.69) is 27.8 Å². The van der Waals surface area contributed by atoms with Crippen molar-refractivity contribution in [2.75, 3.05) is 26.7 Å². The molecule has 1 heterocycles. The van der Waals surface area contributed by atoms with Gasteiger partial charge in [0.25, 0.3) is 0 Å². The molecule has 0 aromatic heterocycles. The minimum atomic E-state index is -1.05. The van der Waals surface area contributed by atoms with Crippen LogP contribution in [0.15, 0.2) is 0 Å². The van der Waals surface area contributed by atoms with Crippen molar-refractivity contribution in [3.05, 3.63) is 0 Å². The molecule has 5 amide bonds. The van der Waals surface area contributed by atoms with Gasteiger partial charge < -0.3 is 37.4 Å². The summed E-state index contributed by atoms with van der Waals surface area (Å²) >= 11 is 0. The van der Waals surface area contributed by atoms with Gasteiger partial charge in [-0.05, 0) is 50.9 Å². The first-order valence-corrected chi connectivity index (χ1v) is 18.3. The molecule has 0 bridgehead atoms. The highest BCUT2D eigenvalue weighted by Crippen LogP contribution is 2.28. The summed E-state index contributed by atoms with van der Waals surface area (Å²) in [4.78, 5) is 70.2. The highest BCUT2D eigenvalue weighted by molar-refractivity contribution is 5.94. The standard InChI is InChI=1S/C35H65N7O6/c1-7-8-9-13-16-28(42-18-17-26(21-42)38-32(45)23(4)24(5)43)35(48)41(6)29(19-22(2)3)33(46)40-30(25-14-11-10-12-15-25)34(47)39-27(20-36)31(37)44/h22-30,43H,7-21,36H2,1-6H3,(H2,37,44)(H,38,45)(H,39,47)(H,40,46)/t23-,24-,26-,27-,28?,29-,30-/m0/s1. The number of likely N-dealkylation sites (N-methyl/N-ethyl adjacent to an activating group) is 1. The first kappa shape index (κ1) is 41.4. The van der Waals surface area contributed by atoms with E-state index < -0.39 is 53.9 Å². The number of nitrogens with two attached hydrogens (primary N) is 2. The van der Waals surface area contributed by atoms with Crippen LogP contribution in [0.25, 0.3) is 0 Å². The monoisotopic (exact) mass is 679 g/mol. The Labute approximate surface area is 288 Å². The Hall–Kier alpha value is -2.77. The van der Waals surface area contributed by atoms with Gasteiger partial charge in [0.2, 0.25) is 29.5 Å². The molecular weight excluding hydrogens is 614 g/mol. The molecule has 0 spiro atoms. The molecule has 2 fully saturated rings. The Morgan fingerprint density at radius 2 is 1.58 bits per heavy atom. The van der Waals surface area contributed by atoms with Crippen molar-refractivity contribution in [2.45, 2.75) is 148 Å². The van der Waals surface area contributed by atoms with Crippen LogP contribution < -0.4 is 27.4 Å². The van der Waals surface area contributed by atoms with Gasteiger partial charge >= 0.3 is 0 Å². The van der Waals surface area contributed by atoms with Crippen LogP contribution in [0, 0.1) is 17.8 Å². The normalized spacial score (nSPS) is 21.1. The zero-order valence-corrected chi connectivity index (χ0v) is 30.3. The molecule has 1 saturated heterocycles. The van der Waals surface area contributed by atoms with Gasteiger partial charge in [0.1, 0.15) is 18.1 Å². The topological polar surface area (TPSA) is 200 Å². The number of nitrogens with one attached hydrogen (secondary N) is 3. The molecule has 1 unspecified atom stereocenters. The summed E-state index contributed by atoms with van der Waals surface area (Å²) in [5, 5.41) is 18.5. The SMILES string of the molecule is CCCCCCC(C(=O)N(C)[C@@H](CC(C)C)C(=O)N[C@H](C(=O)N[C@@H](CN)C(N)=O)C1CCCCC1)N1CC[C@H](NC(=O)[C@@H](C)[C@H](C)O)C1. The lowest BCUT2D eigenvalue weighted by molar-refractivity contribution is -0.144. The molecule has 1 aliphatic heterocycles. The van der Waals surface area contributed by atoms with Crippen molar-refractivity contribution in [2.24, 2.45) is 29.2 Å². The second kappa shape index (κ2) is 20.7. The van der Waals surface area contributed by atoms with E-state index in [9.17, 15) is 29.1 Å². The van der Waals surface area contributed by atoms with E-state index in [-0.39, 0.29) is 36.2 Å². The van der Waals surface area contributed by atoms with E-state index in [0.29, 0.717) is 32.4 Å². The Bertz CT molecular complexity index is 1050. The average molecular weight is 680 g/mol. The van der Waals surface area contributed by atoms with Crippen molar-refractivity contribution in [1.82, 2.24) is 25.8 Å². The number of primary amides is 1. The number of rotatable bonds is 20. The van der Waals surface area contributed by atoms with E-state index in [1.807, 2.05) is 13.8 Å². The molecule has 48 heavy (non-hydrogen) atoms. The molecule has 2 rings (SSSR count). The van der Waals surface area contributed by atoms with Crippen molar-refractivity contribution in [3.63, 3.8) is 0 Å². The summed E-state index contributed by atoms with van der Waals surface area (Å²) in [6, 6.07) is -3.36. The summed E-state index contributed by atoms with van der Waals surface area (Å²) < 4.78 is 0. The van der Waals surface area contributed by atoms with Crippen LogP contribution in [0.3, 0.4) is 0 Å². The van der Waals surface area contributed by atoms with E-state index >= 15 is 0 Å². The smallest absolute Gasteiger partial charge is 0.243 e. The number of aliphatic hydroxyl groups is 1. The van der Waals surface area contributed by atoms with Crippen LogP contribution in [0.5, 0.6) is 0 Å². The molecular formula is C35H65N7O6. The molecule has 1 saturated carbocycles. The third-order valence-electron chi connectivity index (χ3n) is 10.2. The number of hydrogen-bond donors (Lipinski definition) is 6. The lowest BCUT2D eigenvalue weighted by Crippen LogP contribution is -2.61. The lowest BCUT2D eigenvalue weighted by atomic mass is 9.83. The van der Waals surface area contributed by atoms with Gasteiger partial charge in [0.05, 0.1) is 18.1 Å². The van der Waals surface area contributed by atoms with Crippen molar-refractivity contribution in [3.8, 4) is 0 Å². The molecule has 0 aromatic rings. The number of carbonyl (C=O) groups excluding carboxylic acids is 5. The minimum Gasteiger partial charge on any atom is -0.393 e. The molecule has 13 heteroatoms.